The first-order valence-electron chi connectivity index (χ1n) is 4.75. The lowest BCUT2D eigenvalue weighted by Crippen LogP contribution is -2.02. The molecule has 2 rings (SSSR count). The standard InChI is InChI=1S/C10H11BrN4/c1-3-10-12-13-14-15(10)9-5-7(2)4-8(11)6-9/h4-6H,3H2,1-2H3. The molecule has 78 valence electrons. The van der Waals surface area contributed by atoms with Crippen molar-refractivity contribution in [3.8, 4) is 5.69 Å². The van der Waals surface area contributed by atoms with E-state index in [1.807, 2.05) is 19.9 Å². The Morgan fingerprint density at radius 1 is 1.33 bits per heavy atom. The van der Waals surface area contributed by atoms with E-state index < -0.39 is 0 Å². The van der Waals surface area contributed by atoms with E-state index in [1.165, 1.54) is 5.56 Å². The Bertz CT molecular complexity index is 458. The smallest absolute Gasteiger partial charge is 0.156 e. The molecule has 0 bridgehead atoms. The molecule has 1 heterocycles. The molecule has 0 aliphatic heterocycles. The minimum absolute atomic E-state index is 0.818. The molecule has 4 nitrogen and oxygen atoms in total. The second-order valence-corrected chi connectivity index (χ2v) is 4.26. The van der Waals surface area contributed by atoms with Gasteiger partial charge < -0.3 is 0 Å². The van der Waals surface area contributed by atoms with Gasteiger partial charge in [-0.25, -0.2) is 0 Å². The molecule has 1 aromatic carbocycles. The first kappa shape index (κ1) is 10.3. The van der Waals surface area contributed by atoms with Crippen LogP contribution in [-0.4, -0.2) is 20.2 Å². The highest BCUT2D eigenvalue weighted by Crippen LogP contribution is 2.18. The van der Waals surface area contributed by atoms with E-state index in [4.69, 9.17) is 0 Å². The maximum Gasteiger partial charge on any atom is 0.156 e. The molecule has 0 N–H and O–H groups in total. The second kappa shape index (κ2) is 4.10. The fourth-order valence-electron chi connectivity index (χ4n) is 1.47. The molecule has 0 aliphatic carbocycles. The lowest BCUT2D eigenvalue weighted by atomic mass is 10.2. The summed E-state index contributed by atoms with van der Waals surface area (Å²) in [6.07, 6.45) is 0.818. The van der Waals surface area contributed by atoms with E-state index in [1.54, 1.807) is 4.68 Å². The number of tetrazole rings is 1. The average Bonchev–Trinajstić information content (AvgIpc) is 2.63. The van der Waals surface area contributed by atoms with Crippen LogP contribution >= 0.6 is 15.9 Å². The number of benzene rings is 1. The summed E-state index contributed by atoms with van der Waals surface area (Å²) >= 11 is 3.46. The second-order valence-electron chi connectivity index (χ2n) is 3.35. The largest absolute Gasteiger partial charge is 0.197 e. The van der Waals surface area contributed by atoms with E-state index >= 15 is 0 Å². The van der Waals surface area contributed by atoms with Gasteiger partial charge in [0.1, 0.15) is 0 Å². The van der Waals surface area contributed by atoms with E-state index in [0.717, 1.165) is 22.4 Å². The third-order valence-corrected chi connectivity index (χ3v) is 2.58. The van der Waals surface area contributed by atoms with Crippen molar-refractivity contribution in [1.82, 2.24) is 20.2 Å². The lowest BCUT2D eigenvalue weighted by molar-refractivity contribution is 0.765. The molecule has 0 spiro atoms. The third kappa shape index (κ3) is 2.07. The Hall–Kier alpha value is -1.23. The first-order chi connectivity index (χ1) is 7.20. The monoisotopic (exact) mass is 266 g/mol. The Balaban J connectivity index is 2.53. The van der Waals surface area contributed by atoms with Gasteiger partial charge in [-0.2, -0.15) is 4.68 Å². The van der Waals surface area contributed by atoms with Crippen LogP contribution in [0.4, 0.5) is 0 Å². The van der Waals surface area contributed by atoms with Gasteiger partial charge in [0, 0.05) is 10.9 Å². The van der Waals surface area contributed by atoms with Gasteiger partial charge >= 0.3 is 0 Å². The zero-order valence-corrected chi connectivity index (χ0v) is 10.2. The fourth-order valence-corrected chi connectivity index (χ4v) is 2.06. The van der Waals surface area contributed by atoms with Crippen molar-refractivity contribution in [2.75, 3.05) is 0 Å². The number of aromatic nitrogens is 4. The van der Waals surface area contributed by atoms with Crippen molar-refractivity contribution in [2.24, 2.45) is 0 Å². The van der Waals surface area contributed by atoms with Crippen LogP contribution in [0.1, 0.15) is 18.3 Å². The predicted molar refractivity (Wildman–Crippen MR) is 61.0 cm³/mol. The highest BCUT2D eigenvalue weighted by Gasteiger charge is 2.06. The Labute approximate surface area is 96.4 Å². The average molecular weight is 267 g/mol. The van der Waals surface area contributed by atoms with Gasteiger partial charge in [-0.15, -0.1) is 5.10 Å². The lowest BCUT2D eigenvalue weighted by Gasteiger charge is -2.04. The summed E-state index contributed by atoms with van der Waals surface area (Å²) in [5.41, 5.74) is 2.17. The molecule has 0 aliphatic rings. The molecule has 0 saturated heterocycles. The van der Waals surface area contributed by atoms with Crippen molar-refractivity contribution in [2.45, 2.75) is 20.3 Å². The van der Waals surface area contributed by atoms with Crippen LogP contribution in [-0.2, 0) is 6.42 Å². The van der Waals surface area contributed by atoms with Crippen LogP contribution in [0.25, 0.3) is 5.69 Å². The van der Waals surface area contributed by atoms with Gasteiger partial charge in [0.25, 0.3) is 0 Å². The van der Waals surface area contributed by atoms with Crippen LogP contribution < -0.4 is 0 Å². The maximum atomic E-state index is 3.97. The van der Waals surface area contributed by atoms with Crippen molar-refractivity contribution in [1.29, 1.82) is 0 Å². The molecule has 0 unspecified atom stereocenters. The van der Waals surface area contributed by atoms with Crippen LogP contribution in [0.3, 0.4) is 0 Å². The number of rotatable bonds is 2. The fraction of sp³-hybridized carbons (Fsp3) is 0.300. The maximum absolute atomic E-state index is 3.97. The molecule has 0 radical (unpaired) electrons. The van der Waals surface area contributed by atoms with Gasteiger partial charge in [0.05, 0.1) is 5.69 Å². The van der Waals surface area contributed by atoms with Crippen molar-refractivity contribution < 1.29 is 0 Å². The van der Waals surface area contributed by atoms with E-state index in [-0.39, 0.29) is 0 Å². The molecule has 0 fully saturated rings. The highest BCUT2D eigenvalue weighted by atomic mass is 79.9. The summed E-state index contributed by atoms with van der Waals surface area (Å²) < 4.78 is 2.80. The first-order valence-corrected chi connectivity index (χ1v) is 5.55. The Morgan fingerprint density at radius 2 is 2.13 bits per heavy atom. The summed E-state index contributed by atoms with van der Waals surface area (Å²) in [6.45, 7) is 4.08. The number of nitrogens with zero attached hydrogens (tertiary/aromatic N) is 4. The molecule has 0 atom stereocenters. The van der Waals surface area contributed by atoms with Crippen LogP contribution in [0.15, 0.2) is 22.7 Å². The number of halogens is 1. The summed E-state index contributed by atoms with van der Waals surface area (Å²) in [7, 11) is 0. The van der Waals surface area contributed by atoms with Gasteiger partial charge in [-0.1, -0.05) is 22.9 Å². The minimum atomic E-state index is 0.818. The summed E-state index contributed by atoms with van der Waals surface area (Å²) in [4.78, 5) is 0. The number of hydrogen-bond acceptors (Lipinski definition) is 3. The quantitative estimate of drug-likeness (QED) is 0.838. The van der Waals surface area contributed by atoms with Crippen molar-refractivity contribution in [3.05, 3.63) is 34.1 Å². The van der Waals surface area contributed by atoms with Crippen LogP contribution in [0.5, 0.6) is 0 Å². The molecular weight excluding hydrogens is 256 g/mol. The number of aryl methyl sites for hydroxylation is 2. The van der Waals surface area contributed by atoms with E-state index in [9.17, 15) is 0 Å². The molecule has 15 heavy (non-hydrogen) atoms. The van der Waals surface area contributed by atoms with Gasteiger partial charge in [-0.05, 0) is 41.1 Å². The summed E-state index contributed by atoms with van der Waals surface area (Å²) in [5, 5.41) is 11.6. The van der Waals surface area contributed by atoms with Crippen LogP contribution in [0.2, 0.25) is 0 Å². The van der Waals surface area contributed by atoms with E-state index in [2.05, 4.69) is 43.6 Å². The molecule has 2 aromatic rings. The molecule has 1 aromatic heterocycles. The SMILES string of the molecule is CCc1nnnn1-c1cc(C)cc(Br)c1. The predicted octanol–water partition coefficient (Wildman–Crippen LogP) is 2.30. The van der Waals surface area contributed by atoms with Gasteiger partial charge in [0.2, 0.25) is 0 Å². The Kier molecular flexibility index (Phi) is 2.81. The minimum Gasteiger partial charge on any atom is -0.197 e. The molecule has 0 saturated carbocycles. The number of hydrogen-bond donors (Lipinski definition) is 0. The van der Waals surface area contributed by atoms with Gasteiger partial charge in [0.15, 0.2) is 5.82 Å². The van der Waals surface area contributed by atoms with E-state index in [0.29, 0.717) is 0 Å². The molecule has 5 heteroatoms. The third-order valence-electron chi connectivity index (χ3n) is 2.12. The van der Waals surface area contributed by atoms with Gasteiger partial charge in [-0.3, -0.25) is 0 Å². The van der Waals surface area contributed by atoms with Crippen molar-refractivity contribution in [3.63, 3.8) is 0 Å². The summed E-state index contributed by atoms with van der Waals surface area (Å²) in [6, 6.07) is 6.11. The highest BCUT2D eigenvalue weighted by molar-refractivity contribution is 9.10. The molecular formula is C10H11BrN4. The van der Waals surface area contributed by atoms with Crippen LogP contribution in [0, 0.1) is 6.92 Å². The topological polar surface area (TPSA) is 43.6 Å². The zero-order valence-electron chi connectivity index (χ0n) is 8.61. The Morgan fingerprint density at radius 3 is 2.80 bits per heavy atom. The zero-order chi connectivity index (χ0) is 10.8. The normalized spacial score (nSPS) is 10.6. The summed E-state index contributed by atoms with van der Waals surface area (Å²) in [5.74, 6) is 0.868. The molecule has 0 amide bonds. The van der Waals surface area contributed by atoms with Crippen molar-refractivity contribution >= 4 is 15.9 Å².